The van der Waals surface area contributed by atoms with Crippen LogP contribution in [0.3, 0.4) is 0 Å². The zero-order valence-corrected chi connectivity index (χ0v) is 20.6. The fourth-order valence-corrected chi connectivity index (χ4v) is 4.70. The number of hydrogen-bond donors (Lipinski definition) is 4. The lowest BCUT2D eigenvalue weighted by atomic mass is 9.70. The molecule has 3 rings (SSSR count). The maximum absolute atomic E-state index is 11.8. The van der Waals surface area contributed by atoms with Crippen LogP contribution in [0.25, 0.3) is 10.9 Å². The molecule has 32 heavy (non-hydrogen) atoms. The monoisotopic (exact) mass is 504 g/mol. The molecule has 0 saturated heterocycles. The molecule has 0 aliphatic heterocycles. The van der Waals surface area contributed by atoms with E-state index in [0.29, 0.717) is 29.2 Å². The van der Waals surface area contributed by atoms with Gasteiger partial charge >= 0.3 is 0 Å². The number of carbonyl (C=O) groups excluding carboxylic acids is 1. The number of halogens is 1. The van der Waals surface area contributed by atoms with Crippen LogP contribution < -0.4 is 15.4 Å². The minimum Gasteiger partial charge on any atom is -0.490 e. The molecule has 7 nitrogen and oxygen atoms in total. The Kier molecular flexibility index (Phi) is 7.86. The molecule has 1 fully saturated rings. The average Bonchev–Trinajstić information content (AvgIpc) is 3.20. The number of H-pyrrole nitrogens is 1. The number of hydrogen-bond acceptors (Lipinski definition) is 5. The third-order valence-electron chi connectivity index (χ3n) is 6.64. The number of carbonyl (C=O) groups is 1. The number of aromatic nitrogens is 1. The summed E-state index contributed by atoms with van der Waals surface area (Å²) in [6.45, 7) is 7.06. The number of nitrogens with zero attached hydrogens (tertiary/aromatic N) is 1. The molecule has 8 heteroatoms. The number of fused-ring (bicyclic) bond motifs is 1. The molecule has 0 radical (unpaired) electrons. The molecule has 0 spiro atoms. The Morgan fingerprint density at radius 3 is 2.81 bits per heavy atom. The maximum atomic E-state index is 11.8. The Bertz CT molecular complexity index is 973. The van der Waals surface area contributed by atoms with Gasteiger partial charge in [-0.05, 0) is 70.6 Å². The van der Waals surface area contributed by atoms with E-state index in [0.717, 1.165) is 36.6 Å². The fourth-order valence-electron chi connectivity index (χ4n) is 4.56. The Morgan fingerprint density at radius 2 is 2.16 bits per heavy atom. The first-order valence-electron chi connectivity index (χ1n) is 11.1. The third kappa shape index (κ3) is 6.03. The molecule has 1 heterocycles. The van der Waals surface area contributed by atoms with Gasteiger partial charge in [-0.2, -0.15) is 5.26 Å². The van der Waals surface area contributed by atoms with E-state index in [4.69, 9.17) is 10.00 Å². The van der Waals surface area contributed by atoms with Crippen molar-refractivity contribution in [3.05, 3.63) is 30.0 Å². The van der Waals surface area contributed by atoms with Gasteiger partial charge in [0.15, 0.2) is 0 Å². The van der Waals surface area contributed by atoms with Gasteiger partial charge in [0.1, 0.15) is 30.2 Å². The van der Waals surface area contributed by atoms with Gasteiger partial charge < -0.3 is 25.5 Å². The van der Waals surface area contributed by atoms with Gasteiger partial charge in [0.25, 0.3) is 0 Å². The highest BCUT2D eigenvalue weighted by Crippen LogP contribution is 2.37. The Balaban J connectivity index is 1.48. The Labute approximate surface area is 198 Å². The summed E-state index contributed by atoms with van der Waals surface area (Å²) in [4.78, 5) is 14.8. The molecule has 1 aliphatic rings. The molecule has 0 bridgehead atoms. The quantitative estimate of drug-likeness (QED) is 0.390. The largest absolute Gasteiger partial charge is 0.490 e. The zero-order valence-electron chi connectivity index (χ0n) is 19.0. The molecule has 4 N–H and O–H groups in total. The lowest BCUT2D eigenvalue weighted by Gasteiger charge is -2.44. The predicted octanol–water partition coefficient (Wildman–Crippen LogP) is 3.61. The number of benzene rings is 1. The van der Waals surface area contributed by atoms with Crippen LogP contribution in [-0.4, -0.2) is 51.7 Å². The van der Waals surface area contributed by atoms with Crippen LogP contribution in [0.1, 0.15) is 52.1 Å². The van der Waals surface area contributed by atoms with E-state index in [-0.39, 0.29) is 23.6 Å². The number of nitriles is 1. The first-order valence-corrected chi connectivity index (χ1v) is 12.2. The maximum Gasteiger partial charge on any atom is 0.231 e. The van der Waals surface area contributed by atoms with Crippen molar-refractivity contribution in [2.24, 2.45) is 5.92 Å². The van der Waals surface area contributed by atoms with Crippen LogP contribution in [0.5, 0.6) is 5.75 Å². The number of rotatable bonds is 9. The standard InChI is InChI=1S/C24H33BrN4O3/c1-23(2,16-7-9-24(3,10-8-16)29-22(31)12-25)27-14-18(30)15-32-21-6-4-5-20-19(21)11-17(13-26)28-20/h4-6,11,16,18,27-28,30H,7-10,12,14-15H2,1-3H3,(H,29,31). The molecular weight excluding hydrogens is 472 g/mol. The van der Waals surface area contributed by atoms with Crippen molar-refractivity contribution in [3.63, 3.8) is 0 Å². The van der Waals surface area contributed by atoms with Crippen LogP contribution in [0.2, 0.25) is 0 Å². The topological polar surface area (TPSA) is 110 Å². The molecule has 2 aromatic rings. The molecule has 1 aliphatic carbocycles. The van der Waals surface area contributed by atoms with Crippen molar-refractivity contribution in [2.45, 2.75) is 63.6 Å². The minimum atomic E-state index is -0.661. The highest BCUT2D eigenvalue weighted by molar-refractivity contribution is 9.09. The number of aromatic amines is 1. The van der Waals surface area contributed by atoms with Gasteiger partial charge in [-0.25, -0.2) is 0 Å². The van der Waals surface area contributed by atoms with E-state index in [9.17, 15) is 9.90 Å². The summed E-state index contributed by atoms with van der Waals surface area (Å²) in [6, 6.07) is 9.46. The van der Waals surface area contributed by atoms with Crippen LogP contribution in [0.15, 0.2) is 24.3 Å². The zero-order chi connectivity index (χ0) is 23.4. The van der Waals surface area contributed by atoms with Gasteiger partial charge in [-0.1, -0.05) is 22.0 Å². The Hall–Kier alpha value is -2.08. The van der Waals surface area contributed by atoms with Crippen molar-refractivity contribution < 1.29 is 14.6 Å². The summed E-state index contributed by atoms with van der Waals surface area (Å²) in [5, 5.41) is 27.4. The molecule has 1 aromatic carbocycles. The Morgan fingerprint density at radius 1 is 1.44 bits per heavy atom. The highest BCUT2D eigenvalue weighted by atomic mass is 79.9. The van der Waals surface area contributed by atoms with Crippen molar-refractivity contribution >= 4 is 32.7 Å². The molecule has 1 saturated carbocycles. The van der Waals surface area contributed by atoms with Gasteiger partial charge in [-0.15, -0.1) is 0 Å². The average molecular weight is 505 g/mol. The second kappa shape index (κ2) is 10.2. The second-order valence-electron chi connectivity index (χ2n) is 9.60. The third-order valence-corrected chi connectivity index (χ3v) is 7.15. The van der Waals surface area contributed by atoms with E-state index in [2.05, 4.69) is 58.4 Å². The number of β-amino-alcohol motifs (C(OH)–C–C–N with tert-alkyl or cyclic N) is 1. The van der Waals surface area contributed by atoms with Crippen molar-refractivity contribution in [1.29, 1.82) is 5.26 Å². The number of ether oxygens (including phenoxy) is 1. The number of nitrogens with one attached hydrogen (secondary N) is 3. The van der Waals surface area contributed by atoms with Crippen molar-refractivity contribution in [1.82, 2.24) is 15.6 Å². The number of amides is 1. The summed E-state index contributed by atoms with van der Waals surface area (Å²) in [6.07, 6.45) is 3.26. The van der Waals surface area contributed by atoms with Gasteiger partial charge in [-0.3, -0.25) is 4.79 Å². The van der Waals surface area contributed by atoms with Crippen molar-refractivity contribution in [3.8, 4) is 11.8 Å². The molecule has 1 aromatic heterocycles. The van der Waals surface area contributed by atoms with Crippen LogP contribution in [0, 0.1) is 17.2 Å². The summed E-state index contributed by atoms with van der Waals surface area (Å²) in [5.74, 6) is 1.14. The number of aliphatic hydroxyl groups excluding tert-OH is 1. The van der Waals surface area contributed by atoms with E-state index >= 15 is 0 Å². The molecule has 174 valence electrons. The fraction of sp³-hybridized carbons (Fsp3) is 0.583. The molecular formula is C24H33BrN4O3. The SMILES string of the molecule is CC1(NC(=O)CBr)CCC(C(C)(C)NCC(O)COc2cccc3[nH]c(C#N)cc23)CC1. The lowest BCUT2D eigenvalue weighted by Crippen LogP contribution is -2.54. The molecule has 1 unspecified atom stereocenters. The number of alkyl halides is 1. The van der Waals surface area contributed by atoms with Crippen LogP contribution in [-0.2, 0) is 4.79 Å². The first kappa shape index (κ1) is 24.6. The van der Waals surface area contributed by atoms with Gasteiger partial charge in [0.2, 0.25) is 5.91 Å². The van der Waals surface area contributed by atoms with E-state index in [1.807, 2.05) is 18.2 Å². The highest BCUT2D eigenvalue weighted by Gasteiger charge is 2.38. The predicted molar refractivity (Wildman–Crippen MR) is 129 cm³/mol. The molecule has 1 amide bonds. The summed E-state index contributed by atoms with van der Waals surface area (Å²) >= 11 is 3.22. The summed E-state index contributed by atoms with van der Waals surface area (Å²) in [7, 11) is 0. The molecule has 1 atom stereocenters. The van der Waals surface area contributed by atoms with Crippen LogP contribution in [0.4, 0.5) is 0 Å². The van der Waals surface area contributed by atoms with Gasteiger partial charge in [0, 0.05) is 23.0 Å². The second-order valence-corrected chi connectivity index (χ2v) is 10.2. The van der Waals surface area contributed by atoms with E-state index in [1.54, 1.807) is 6.07 Å². The first-order chi connectivity index (χ1) is 15.2. The summed E-state index contributed by atoms with van der Waals surface area (Å²) in [5.41, 5.74) is 1.04. The van der Waals surface area contributed by atoms with E-state index < -0.39 is 6.10 Å². The summed E-state index contributed by atoms with van der Waals surface area (Å²) < 4.78 is 5.86. The van der Waals surface area contributed by atoms with Crippen molar-refractivity contribution in [2.75, 3.05) is 18.5 Å². The smallest absolute Gasteiger partial charge is 0.231 e. The number of aliphatic hydroxyl groups is 1. The normalized spacial score (nSPS) is 22.3. The minimum absolute atomic E-state index is 0.0330. The lowest BCUT2D eigenvalue weighted by molar-refractivity contribution is -0.120. The van der Waals surface area contributed by atoms with Crippen LogP contribution >= 0.6 is 15.9 Å². The van der Waals surface area contributed by atoms with E-state index in [1.165, 1.54) is 0 Å². The van der Waals surface area contributed by atoms with Gasteiger partial charge in [0.05, 0.1) is 10.8 Å².